The number of rotatable bonds is 3. The Kier molecular flexibility index (Phi) is 5.54. The molecule has 0 aromatic rings. The number of carboxylic acid groups (broad SMARTS) is 1. The summed E-state index contributed by atoms with van der Waals surface area (Å²) < 4.78 is 9.74. The molecule has 0 bridgehead atoms. The molecular formula is C14H22N2O6. The molecule has 0 saturated heterocycles. The van der Waals surface area contributed by atoms with E-state index in [0.29, 0.717) is 12.8 Å². The summed E-state index contributed by atoms with van der Waals surface area (Å²) in [4.78, 5) is 35.3. The molecule has 8 heteroatoms. The fourth-order valence-corrected chi connectivity index (χ4v) is 2.28. The number of esters is 1. The molecule has 1 aliphatic rings. The maximum absolute atomic E-state index is 12.0. The summed E-state index contributed by atoms with van der Waals surface area (Å²) in [6, 6.07) is -0.935. The molecule has 0 aliphatic heterocycles. The van der Waals surface area contributed by atoms with Crippen molar-refractivity contribution in [2.24, 2.45) is 5.84 Å². The predicted octanol–water partition coefficient (Wildman–Crippen LogP) is 1.20. The molecule has 124 valence electrons. The van der Waals surface area contributed by atoms with Crippen LogP contribution in [0.3, 0.4) is 0 Å². The summed E-state index contributed by atoms with van der Waals surface area (Å²) in [5, 5.41) is 10.1. The van der Waals surface area contributed by atoms with Gasteiger partial charge in [-0.3, -0.25) is 0 Å². The second kappa shape index (κ2) is 6.78. The first-order valence-electron chi connectivity index (χ1n) is 6.90. The maximum atomic E-state index is 12.0. The van der Waals surface area contributed by atoms with E-state index >= 15 is 0 Å². The van der Waals surface area contributed by atoms with Crippen molar-refractivity contribution in [3.8, 4) is 0 Å². The molecule has 0 spiro atoms. The van der Waals surface area contributed by atoms with Crippen LogP contribution in [0.4, 0.5) is 4.79 Å². The molecule has 1 rings (SSSR count). The van der Waals surface area contributed by atoms with Gasteiger partial charge in [0.05, 0.1) is 18.7 Å². The highest BCUT2D eigenvalue weighted by Crippen LogP contribution is 2.29. The summed E-state index contributed by atoms with van der Waals surface area (Å²) in [6.07, 6.45) is 0.273. The Morgan fingerprint density at radius 3 is 2.36 bits per heavy atom. The molecule has 0 heterocycles. The first-order chi connectivity index (χ1) is 10.1. The molecule has 0 saturated carbocycles. The quantitative estimate of drug-likeness (QED) is 0.347. The normalized spacial score (nSPS) is 18.7. The molecule has 1 amide bonds. The van der Waals surface area contributed by atoms with Crippen molar-refractivity contribution in [3.05, 3.63) is 11.1 Å². The molecule has 0 aromatic heterocycles. The van der Waals surface area contributed by atoms with Crippen LogP contribution < -0.4 is 5.84 Å². The zero-order valence-electron chi connectivity index (χ0n) is 13.2. The predicted molar refractivity (Wildman–Crippen MR) is 76.6 cm³/mol. The number of carboxylic acids is 1. The van der Waals surface area contributed by atoms with E-state index < -0.39 is 29.7 Å². The van der Waals surface area contributed by atoms with Crippen molar-refractivity contribution in [1.29, 1.82) is 0 Å². The van der Waals surface area contributed by atoms with Gasteiger partial charge in [-0.25, -0.2) is 25.2 Å². The third kappa shape index (κ3) is 4.20. The summed E-state index contributed by atoms with van der Waals surface area (Å²) in [5.41, 5.74) is -0.946. The molecule has 0 radical (unpaired) electrons. The molecular weight excluding hydrogens is 292 g/mol. The molecule has 22 heavy (non-hydrogen) atoms. The SMILES string of the molecule is COC(=O)C1=C(C(=O)O)C(N(N)C(=O)OC(C)(C)C)CCC1. The number of ether oxygens (including phenoxy) is 2. The van der Waals surface area contributed by atoms with Gasteiger partial charge in [0.1, 0.15) is 5.60 Å². The van der Waals surface area contributed by atoms with E-state index in [-0.39, 0.29) is 17.6 Å². The van der Waals surface area contributed by atoms with Gasteiger partial charge in [0.2, 0.25) is 0 Å². The minimum absolute atomic E-state index is 0.0326. The number of hydrazine groups is 1. The molecule has 0 fully saturated rings. The van der Waals surface area contributed by atoms with E-state index in [4.69, 9.17) is 10.6 Å². The van der Waals surface area contributed by atoms with E-state index in [1.54, 1.807) is 20.8 Å². The van der Waals surface area contributed by atoms with Gasteiger partial charge in [0, 0.05) is 5.57 Å². The Morgan fingerprint density at radius 1 is 1.32 bits per heavy atom. The van der Waals surface area contributed by atoms with Crippen LogP contribution in [0.2, 0.25) is 0 Å². The van der Waals surface area contributed by atoms with Crippen molar-refractivity contribution in [1.82, 2.24) is 5.01 Å². The summed E-state index contributed by atoms with van der Waals surface area (Å²) in [6.45, 7) is 5.02. The first-order valence-corrected chi connectivity index (χ1v) is 6.90. The first kappa shape index (κ1) is 18.0. The molecule has 0 aromatic carbocycles. The van der Waals surface area contributed by atoms with Crippen LogP contribution in [0.25, 0.3) is 0 Å². The van der Waals surface area contributed by atoms with Gasteiger partial charge in [-0.2, -0.15) is 0 Å². The van der Waals surface area contributed by atoms with Gasteiger partial charge < -0.3 is 14.6 Å². The number of methoxy groups -OCH3 is 1. The van der Waals surface area contributed by atoms with Gasteiger partial charge >= 0.3 is 18.0 Å². The van der Waals surface area contributed by atoms with Crippen molar-refractivity contribution in [2.45, 2.75) is 51.7 Å². The van der Waals surface area contributed by atoms with Crippen molar-refractivity contribution in [3.63, 3.8) is 0 Å². The van der Waals surface area contributed by atoms with E-state index in [1.165, 1.54) is 7.11 Å². The Bertz CT molecular complexity index is 506. The van der Waals surface area contributed by atoms with Gasteiger partial charge in [-0.05, 0) is 40.0 Å². The smallest absolute Gasteiger partial charge is 0.425 e. The average molecular weight is 314 g/mol. The number of carbonyl (C=O) groups is 3. The summed E-state index contributed by atoms with van der Waals surface area (Å²) in [7, 11) is 1.17. The van der Waals surface area contributed by atoms with Crippen LogP contribution in [-0.2, 0) is 19.1 Å². The van der Waals surface area contributed by atoms with Crippen LogP contribution in [0.5, 0.6) is 0 Å². The lowest BCUT2D eigenvalue weighted by molar-refractivity contribution is -0.139. The van der Waals surface area contributed by atoms with Gasteiger partial charge in [0.15, 0.2) is 0 Å². The zero-order valence-corrected chi connectivity index (χ0v) is 13.2. The lowest BCUT2D eigenvalue weighted by Gasteiger charge is -2.33. The number of nitrogens with two attached hydrogens (primary N) is 1. The van der Waals surface area contributed by atoms with Crippen LogP contribution in [0.1, 0.15) is 40.0 Å². The highest BCUT2D eigenvalue weighted by Gasteiger charge is 2.37. The summed E-state index contributed by atoms with van der Waals surface area (Å²) in [5.74, 6) is 3.72. The second-order valence-electron chi connectivity index (χ2n) is 5.98. The lowest BCUT2D eigenvalue weighted by Crippen LogP contribution is -2.51. The Morgan fingerprint density at radius 2 is 1.91 bits per heavy atom. The Labute approximate surface area is 128 Å². The van der Waals surface area contributed by atoms with Crippen LogP contribution in [0.15, 0.2) is 11.1 Å². The minimum Gasteiger partial charge on any atom is -0.478 e. The monoisotopic (exact) mass is 314 g/mol. The van der Waals surface area contributed by atoms with Crippen LogP contribution in [-0.4, -0.2) is 46.9 Å². The number of carbonyl (C=O) groups excluding carboxylic acids is 2. The van der Waals surface area contributed by atoms with Crippen LogP contribution in [0, 0.1) is 0 Å². The zero-order chi connectivity index (χ0) is 17.1. The van der Waals surface area contributed by atoms with Crippen molar-refractivity contribution in [2.75, 3.05) is 7.11 Å². The third-order valence-electron chi connectivity index (χ3n) is 3.16. The number of hydrogen-bond donors (Lipinski definition) is 2. The third-order valence-corrected chi connectivity index (χ3v) is 3.16. The van der Waals surface area contributed by atoms with Gasteiger partial charge in [-0.1, -0.05) is 0 Å². The van der Waals surface area contributed by atoms with Gasteiger partial charge in [-0.15, -0.1) is 0 Å². The number of aliphatic carboxylic acids is 1. The lowest BCUT2D eigenvalue weighted by atomic mass is 9.87. The highest BCUT2D eigenvalue weighted by atomic mass is 16.6. The van der Waals surface area contributed by atoms with Crippen molar-refractivity contribution >= 4 is 18.0 Å². The Hall–Kier alpha value is -2.09. The molecule has 1 unspecified atom stereocenters. The average Bonchev–Trinajstić information content (AvgIpc) is 2.42. The van der Waals surface area contributed by atoms with E-state index in [2.05, 4.69) is 4.74 Å². The maximum Gasteiger partial charge on any atom is 0.425 e. The Balaban J connectivity index is 3.13. The molecule has 3 N–H and O–H groups in total. The second-order valence-corrected chi connectivity index (χ2v) is 5.98. The van der Waals surface area contributed by atoms with Gasteiger partial charge in [0.25, 0.3) is 0 Å². The molecule has 8 nitrogen and oxygen atoms in total. The number of amides is 1. The van der Waals surface area contributed by atoms with E-state index in [0.717, 1.165) is 5.01 Å². The van der Waals surface area contributed by atoms with E-state index in [9.17, 15) is 19.5 Å². The fourth-order valence-electron chi connectivity index (χ4n) is 2.28. The molecule has 1 atom stereocenters. The topological polar surface area (TPSA) is 119 Å². The molecule has 1 aliphatic carbocycles. The summed E-state index contributed by atoms with van der Waals surface area (Å²) >= 11 is 0. The fraction of sp³-hybridized carbons (Fsp3) is 0.643. The largest absolute Gasteiger partial charge is 0.478 e. The van der Waals surface area contributed by atoms with Crippen LogP contribution >= 0.6 is 0 Å². The standard InChI is InChI=1S/C14H22N2O6/c1-14(2,3)22-13(20)16(15)9-7-5-6-8(12(19)21-4)10(9)11(17)18/h9H,5-7,15H2,1-4H3,(H,17,18). The minimum atomic E-state index is -1.30. The number of hydrogen-bond acceptors (Lipinski definition) is 6. The van der Waals surface area contributed by atoms with E-state index in [1.807, 2.05) is 0 Å². The van der Waals surface area contributed by atoms with Crippen molar-refractivity contribution < 1.29 is 29.0 Å². The highest BCUT2D eigenvalue weighted by molar-refractivity contribution is 6.01. The number of nitrogens with zero attached hydrogens (tertiary/aromatic N) is 1.